The molecule has 4 rings (SSSR count). The third-order valence-electron chi connectivity index (χ3n) is 5.49. The van der Waals surface area contributed by atoms with Gasteiger partial charge < -0.3 is 9.47 Å². The fraction of sp³-hybridized carbons (Fsp3) is 0.167. The van der Waals surface area contributed by atoms with Gasteiger partial charge in [-0.2, -0.15) is 0 Å². The molecule has 0 radical (unpaired) electrons. The number of hydrogen-bond donors (Lipinski definition) is 0. The SMILES string of the molecule is COC(=O)C1=C(C)N=c2s/c(=C\c3ccccc3[N+](=O)[O-])c(=O)n2C1c1ccc(C(=O)OC)cc1. The Morgan fingerprint density at radius 2 is 1.74 bits per heavy atom. The summed E-state index contributed by atoms with van der Waals surface area (Å²) < 4.78 is 11.3. The van der Waals surface area contributed by atoms with Gasteiger partial charge in [0.15, 0.2) is 4.80 Å². The highest BCUT2D eigenvalue weighted by Gasteiger charge is 2.33. The number of allylic oxidation sites excluding steroid dienone is 1. The van der Waals surface area contributed by atoms with Crippen LogP contribution in [0.5, 0.6) is 0 Å². The van der Waals surface area contributed by atoms with Crippen molar-refractivity contribution in [2.75, 3.05) is 14.2 Å². The number of benzene rings is 2. The first kappa shape index (κ1) is 23.8. The van der Waals surface area contributed by atoms with Crippen molar-refractivity contribution in [2.45, 2.75) is 13.0 Å². The van der Waals surface area contributed by atoms with E-state index in [1.54, 1.807) is 37.3 Å². The fourth-order valence-electron chi connectivity index (χ4n) is 3.84. The van der Waals surface area contributed by atoms with Crippen LogP contribution in [-0.4, -0.2) is 35.6 Å². The van der Waals surface area contributed by atoms with Crippen LogP contribution in [0.2, 0.25) is 0 Å². The number of carbonyl (C=O) groups is 2. The van der Waals surface area contributed by atoms with Crippen LogP contribution in [0.15, 0.2) is 69.6 Å². The van der Waals surface area contributed by atoms with Gasteiger partial charge in [0.1, 0.15) is 0 Å². The van der Waals surface area contributed by atoms with Crippen molar-refractivity contribution < 1.29 is 24.0 Å². The van der Waals surface area contributed by atoms with E-state index in [0.717, 1.165) is 11.3 Å². The molecule has 2 aromatic carbocycles. The average molecular weight is 493 g/mol. The minimum Gasteiger partial charge on any atom is -0.466 e. The average Bonchev–Trinajstić information content (AvgIpc) is 3.16. The van der Waals surface area contributed by atoms with Crippen molar-refractivity contribution in [1.29, 1.82) is 0 Å². The van der Waals surface area contributed by atoms with E-state index in [4.69, 9.17) is 9.47 Å². The minimum absolute atomic E-state index is 0.139. The van der Waals surface area contributed by atoms with Crippen molar-refractivity contribution in [1.82, 2.24) is 4.57 Å². The van der Waals surface area contributed by atoms with Gasteiger partial charge in [-0.25, -0.2) is 14.6 Å². The van der Waals surface area contributed by atoms with Crippen LogP contribution in [0, 0.1) is 10.1 Å². The molecule has 0 saturated carbocycles. The lowest BCUT2D eigenvalue weighted by Crippen LogP contribution is -2.39. The molecule has 0 saturated heterocycles. The smallest absolute Gasteiger partial charge is 0.338 e. The molecule has 1 atom stereocenters. The van der Waals surface area contributed by atoms with E-state index < -0.39 is 28.5 Å². The van der Waals surface area contributed by atoms with E-state index >= 15 is 0 Å². The number of nitro benzene ring substituents is 1. The highest BCUT2D eigenvalue weighted by Crippen LogP contribution is 2.30. The van der Waals surface area contributed by atoms with E-state index in [-0.39, 0.29) is 21.4 Å². The van der Waals surface area contributed by atoms with Crippen molar-refractivity contribution in [3.63, 3.8) is 0 Å². The van der Waals surface area contributed by atoms with Crippen molar-refractivity contribution in [2.24, 2.45) is 4.99 Å². The molecule has 1 unspecified atom stereocenters. The first-order chi connectivity index (χ1) is 16.8. The molecular weight excluding hydrogens is 474 g/mol. The standard InChI is InChI=1S/C24H19N3O7S/c1-13-19(23(30)34-3)20(14-8-10-15(11-9-14)22(29)33-2)26-21(28)18(35-24(26)25-13)12-16-6-4-5-7-17(16)27(31)32/h4-12,20H,1-3H3/b18-12-. The van der Waals surface area contributed by atoms with Gasteiger partial charge in [-0.15, -0.1) is 0 Å². The molecule has 35 heavy (non-hydrogen) atoms. The Balaban J connectivity index is 1.95. The number of nitrogens with zero attached hydrogens (tertiary/aromatic N) is 3. The zero-order chi connectivity index (χ0) is 25.3. The van der Waals surface area contributed by atoms with Gasteiger partial charge in [-0.1, -0.05) is 35.6 Å². The number of ether oxygens (including phenoxy) is 2. The summed E-state index contributed by atoms with van der Waals surface area (Å²) in [6, 6.07) is 11.5. The quantitative estimate of drug-likeness (QED) is 0.302. The van der Waals surface area contributed by atoms with Gasteiger partial charge in [0, 0.05) is 6.07 Å². The summed E-state index contributed by atoms with van der Waals surface area (Å²) >= 11 is 1.06. The molecule has 10 nitrogen and oxygen atoms in total. The lowest BCUT2D eigenvalue weighted by atomic mass is 9.95. The molecule has 1 aromatic heterocycles. The van der Waals surface area contributed by atoms with E-state index in [1.807, 2.05) is 0 Å². The van der Waals surface area contributed by atoms with E-state index in [9.17, 15) is 24.5 Å². The van der Waals surface area contributed by atoms with Crippen molar-refractivity contribution in [3.8, 4) is 0 Å². The summed E-state index contributed by atoms with van der Waals surface area (Å²) in [5.41, 5.74) is 1.06. The predicted octanol–water partition coefficient (Wildman–Crippen LogP) is 2.10. The number of rotatable bonds is 5. The Labute approximate surface area is 202 Å². The largest absolute Gasteiger partial charge is 0.466 e. The molecule has 0 bridgehead atoms. The third-order valence-corrected chi connectivity index (χ3v) is 6.48. The lowest BCUT2D eigenvalue weighted by molar-refractivity contribution is -0.385. The maximum Gasteiger partial charge on any atom is 0.338 e. The summed E-state index contributed by atoms with van der Waals surface area (Å²) in [6.07, 6.45) is 1.44. The van der Waals surface area contributed by atoms with Gasteiger partial charge in [0.05, 0.1) is 52.1 Å². The molecule has 0 N–H and O–H groups in total. The number of aromatic nitrogens is 1. The second-order valence-electron chi connectivity index (χ2n) is 7.50. The number of esters is 2. The zero-order valence-electron chi connectivity index (χ0n) is 18.9. The van der Waals surface area contributed by atoms with Crippen LogP contribution in [-0.2, 0) is 14.3 Å². The molecule has 2 heterocycles. The zero-order valence-corrected chi connectivity index (χ0v) is 19.7. The number of methoxy groups -OCH3 is 2. The van der Waals surface area contributed by atoms with Gasteiger partial charge in [-0.3, -0.25) is 19.5 Å². The number of hydrogen-bond acceptors (Lipinski definition) is 9. The molecule has 1 aliphatic heterocycles. The molecule has 0 aliphatic carbocycles. The number of thiazole rings is 1. The Kier molecular flexibility index (Phi) is 6.43. The van der Waals surface area contributed by atoms with Crippen LogP contribution in [0.4, 0.5) is 5.69 Å². The second-order valence-corrected chi connectivity index (χ2v) is 8.51. The number of carbonyl (C=O) groups excluding carboxylic acids is 2. The van der Waals surface area contributed by atoms with Crippen molar-refractivity contribution in [3.05, 3.63) is 106 Å². The minimum atomic E-state index is -0.877. The summed E-state index contributed by atoms with van der Waals surface area (Å²) in [5.74, 6) is -1.17. The topological polar surface area (TPSA) is 130 Å². The number of nitro groups is 1. The molecule has 3 aromatic rings. The maximum absolute atomic E-state index is 13.5. The summed E-state index contributed by atoms with van der Waals surface area (Å²) in [6.45, 7) is 1.64. The Morgan fingerprint density at radius 3 is 2.37 bits per heavy atom. The van der Waals surface area contributed by atoms with Gasteiger partial charge >= 0.3 is 11.9 Å². The van der Waals surface area contributed by atoms with E-state index in [2.05, 4.69) is 4.99 Å². The van der Waals surface area contributed by atoms with Crippen LogP contribution in [0.3, 0.4) is 0 Å². The van der Waals surface area contributed by atoms with E-state index in [1.165, 1.54) is 43.1 Å². The Bertz CT molecular complexity index is 1570. The molecule has 1 aliphatic rings. The third kappa shape index (κ3) is 4.28. The fourth-order valence-corrected chi connectivity index (χ4v) is 4.88. The molecule has 0 spiro atoms. The van der Waals surface area contributed by atoms with Gasteiger partial charge in [-0.05, 0) is 36.8 Å². The molecular formula is C24H19N3O7S. The summed E-state index contributed by atoms with van der Waals surface area (Å²) in [5, 5.41) is 11.4. The molecule has 0 amide bonds. The van der Waals surface area contributed by atoms with Crippen LogP contribution in [0.25, 0.3) is 6.08 Å². The van der Waals surface area contributed by atoms with Crippen LogP contribution >= 0.6 is 11.3 Å². The van der Waals surface area contributed by atoms with Crippen LogP contribution in [0.1, 0.15) is 34.5 Å². The van der Waals surface area contributed by atoms with Gasteiger partial charge in [0.2, 0.25) is 0 Å². The molecule has 11 heteroatoms. The predicted molar refractivity (Wildman–Crippen MR) is 127 cm³/mol. The van der Waals surface area contributed by atoms with Crippen molar-refractivity contribution >= 4 is 35.0 Å². The molecule has 178 valence electrons. The highest BCUT2D eigenvalue weighted by molar-refractivity contribution is 7.07. The second kappa shape index (κ2) is 9.47. The first-order valence-corrected chi connectivity index (χ1v) is 11.1. The molecule has 0 fully saturated rings. The highest BCUT2D eigenvalue weighted by atomic mass is 32.1. The summed E-state index contributed by atoms with van der Waals surface area (Å²) in [4.78, 5) is 53.8. The Hall–Kier alpha value is -4.38. The number of para-hydroxylation sites is 1. The first-order valence-electron chi connectivity index (χ1n) is 10.3. The lowest BCUT2D eigenvalue weighted by Gasteiger charge is -2.24. The van der Waals surface area contributed by atoms with E-state index in [0.29, 0.717) is 21.6 Å². The van der Waals surface area contributed by atoms with Gasteiger partial charge in [0.25, 0.3) is 11.2 Å². The normalized spacial score (nSPS) is 15.3. The van der Waals surface area contributed by atoms with Crippen LogP contribution < -0.4 is 14.9 Å². The number of fused-ring (bicyclic) bond motifs is 1. The Morgan fingerprint density at radius 1 is 1.09 bits per heavy atom. The maximum atomic E-state index is 13.5. The summed E-state index contributed by atoms with van der Waals surface area (Å²) in [7, 11) is 2.51. The monoisotopic (exact) mass is 493 g/mol.